The normalized spacial score (nSPS) is 22.5. The van der Waals surface area contributed by atoms with Crippen LogP contribution in [-0.4, -0.2) is 33.8 Å². The summed E-state index contributed by atoms with van der Waals surface area (Å²) in [7, 11) is 0. The van der Waals surface area contributed by atoms with Gasteiger partial charge in [0, 0.05) is 25.0 Å². The minimum absolute atomic E-state index is 0.206. The molecule has 1 aliphatic heterocycles. The van der Waals surface area contributed by atoms with E-state index in [1.54, 1.807) is 0 Å². The van der Waals surface area contributed by atoms with Crippen molar-refractivity contribution in [3.05, 3.63) is 41.2 Å². The van der Waals surface area contributed by atoms with Gasteiger partial charge in [-0.15, -0.1) is 5.10 Å². The predicted octanol–water partition coefficient (Wildman–Crippen LogP) is 2.02. The Hall–Kier alpha value is -1.88. The van der Waals surface area contributed by atoms with Crippen LogP contribution in [0, 0.1) is 6.92 Å². The maximum absolute atomic E-state index is 6.15. The first kappa shape index (κ1) is 14.1. The lowest BCUT2D eigenvalue weighted by Gasteiger charge is -2.36. The SMILES string of the molecule is Cc1ccccc1Cc1nc(N2CCCC(N)C2C)n[nH]1. The first-order valence-electron chi connectivity index (χ1n) is 7.63. The summed E-state index contributed by atoms with van der Waals surface area (Å²) >= 11 is 0. The summed E-state index contributed by atoms with van der Waals surface area (Å²) in [6, 6.07) is 8.88. The molecule has 2 atom stereocenters. The predicted molar refractivity (Wildman–Crippen MR) is 84.4 cm³/mol. The van der Waals surface area contributed by atoms with E-state index in [9.17, 15) is 0 Å². The van der Waals surface area contributed by atoms with Crippen LogP contribution in [-0.2, 0) is 6.42 Å². The van der Waals surface area contributed by atoms with Crippen molar-refractivity contribution in [2.45, 2.75) is 45.2 Å². The van der Waals surface area contributed by atoms with Crippen LogP contribution in [0.25, 0.3) is 0 Å². The molecule has 21 heavy (non-hydrogen) atoms. The highest BCUT2D eigenvalue weighted by Gasteiger charge is 2.27. The van der Waals surface area contributed by atoms with Gasteiger partial charge in [0.15, 0.2) is 0 Å². The molecular weight excluding hydrogens is 262 g/mol. The van der Waals surface area contributed by atoms with Gasteiger partial charge in [0.05, 0.1) is 0 Å². The highest BCUT2D eigenvalue weighted by molar-refractivity contribution is 5.34. The molecule has 1 aliphatic rings. The molecule has 0 saturated carbocycles. The van der Waals surface area contributed by atoms with E-state index in [0.717, 1.165) is 37.6 Å². The van der Waals surface area contributed by atoms with Crippen molar-refractivity contribution in [2.24, 2.45) is 5.73 Å². The van der Waals surface area contributed by atoms with Gasteiger partial charge >= 0.3 is 0 Å². The summed E-state index contributed by atoms with van der Waals surface area (Å²) in [5.41, 5.74) is 8.71. The van der Waals surface area contributed by atoms with Gasteiger partial charge in [0.25, 0.3) is 0 Å². The fourth-order valence-corrected chi connectivity index (χ4v) is 2.94. The number of nitrogens with zero attached hydrogens (tertiary/aromatic N) is 3. The highest BCUT2D eigenvalue weighted by Crippen LogP contribution is 2.21. The summed E-state index contributed by atoms with van der Waals surface area (Å²) in [5, 5.41) is 7.46. The van der Waals surface area contributed by atoms with Crippen LogP contribution in [0.2, 0.25) is 0 Å². The topological polar surface area (TPSA) is 70.8 Å². The third-order valence-electron chi connectivity index (χ3n) is 4.44. The van der Waals surface area contributed by atoms with E-state index in [1.165, 1.54) is 11.1 Å². The number of anilines is 1. The molecule has 0 spiro atoms. The Labute approximate surface area is 125 Å². The Morgan fingerprint density at radius 3 is 3.00 bits per heavy atom. The number of aromatic amines is 1. The standard InChI is InChI=1S/C16H23N5/c1-11-6-3-4-7-13(11)10-15-18-16(20-19-15)21-9-5-8-14(17)12(21)2/h3-4,6-7,12,14H,5,8-10,17H2,1-2H3,(H,18,19,20). The van der Waals surface area contributed by atoms with Crippen molar-refractivity contribution in [3.8, 4) is 0 Å². The molecule has 0 radical (unpaired) electrons. The van der Waals surface area contributed by atoms with E-state index >= 15 is 0 Å². The molecule has 0 bridgehead atoms. The van der Waals surface area contributed by atoms with Crippen molar-refractivity contribution < 1.29 is 0 Å². The van der Waals surface area contributed by atoms with Crippen molar-refractivity contribution in [1.82, 2.24) is 15.2 Å². The maximum Gasteiger partial charge on any atom is 0.245 e. The quantitative estimate of drug-likeness (QED) is 0.905. The molecule has 112 valence electrons. The van der Waals surface area contributed by atoms with Gasteiger partial charge in [-0.3, -0.25) is 5.10 Å². The second-order valence-electron chi connectivity index (χ2n) is 5.93. The van der Waals surface area contributed by atoms with Gasteiger partial charge in [0.1, 0.15) is 5.82 Å². The third kappa shape index (κ3) is 2.93. The molecule has 2 unspecified atom stereocenters. The Kier molecular flexibility index (Phi) is 3.92. The molecule has 0 aliphatic carbocycles. The second kappa shape index (κ2) is 5.85. The minimum Gasteiger partial charge on any atom is -0.335 e. The Morgan fingerprint density at radius 1 is 1.38 bits per heavy atom. The number of nitrogens with two attached hydrogens (primary N) is 1. The number of nitrogens with one attached hydrogen (secondary N) is 1. The van der Waals surface area contributed by atoms with Crippen molar-refractivity contribution in [2.75, 3.05) is 11.4 Å². The number of H-pyrrole nitrogens is 1. The second-order valence-corrected chi connectivity index (χ2v) is 5.93. The van der Waals surface area contributed by atoms with Crippen molar-refractivity contribution in [3.63, 3.8) is 0 Å². The average Bonchev–Trinajstić information content (AvgIpc) is 2.93. The Balaban J connectivity index is 1.76. The summed E-state index contributed by atoms with van der Waals surface area (Å²) in [5.74, 6) is 1.69. The largest absolute Gasteiger partial charge is 0.335 e. The maximum atomic E-state index is 6.15. The van der Waals surface area contributed by atoms with E-state index in [1.807, 2.05) is 0 Å². The zero-order valence-electron chi connectivity index (χ0n) is 12.7. The molecule has 3 rings (SSSR count). The van der Waals surface area contributed by atoms with Crippen LogP contribution in [0.3, 0.4) is 0 Å². The number of rotatable bonds is 3. The van der Waals surface area contributed by atoms with Crippen molar-refractivity contribution in [1.29, 1.82) is 0 Å². The number of aromatic nitrogens is 3. The number of hydrogen-bond donors (Lipinski definition) is 2. The lowest BCUT2D eigenvalue weighted by atomic mass is 9.99. The highest BCUT2D eigenvalue weighted by atomic mass is 15.4. The molecule has 1 aromatic heterocycles. The Bertz CT molecular complexity index is 606. The number of hydrogen-bond acceptors (Lipinski definition) is 4. The lowest BCUT2D eigenvalue weighted by Crippen LogP contribution is -2.50. The molecule has 5 heteroatoms. The molecular formula is C16H23N5. The number of piperidine rings is 1. The average molecular weight is 285 g/mol. The molecule has 5 nitrogen and oxygen atoms in total. The van der Waals surface area contributed by atoms with Crippen LogP contribution in [0.1, 0.15) is 36.7 Å². The van der Waals surface area contributed by atoms with Crippen LogP contribution in [0.15, 0.2) is 24.3 Å². The van der Waals surface area contributed by atoms with Gasteiger partial charge in [-0.05, 0) is 37.8 Å². The molecule has 2 aromatic rings. The molecule has 1 saturated heterocycles. The van der Waals surface area contributed by atoms with E-state index in [4.69, 9.17) is 5.73 Å². The van der Waals surface area contributed by atoms with Gasteiger partial charge in [-0.1, -0.05) is 24.3 Å². The summed E-state index contributed by atoms with van der Waals surface area (Å²) in [6.45, 7) is 5.26. The number of aryl methyl sites for hydroxylation is 1. The van der Waals surface area contributed by atoms with E-state index in [0.29, 0.717) is 6.04 Å². The minimum atomic E-state index is 0.206. The van der Waals surface area contributed by atoms with E-state index in [-0.39, 0.29) is 6.04 Å². The summed E-state index contributed by atoms with van der Waals surface area (Å²) in [6.07, 6.45) is 2.97. The zero-order chi connectivity index (χ0) is 14.8. The van der Waals surface area contributed by atoms with Gasteiger partial charge < -0.3 is 10.6 Å². The molecule has 1 aromatic carbocycles. The van der Waals surface area contributed by atoms with Gasteiger partial charge in [-0.25, -0.2) is 0 Å². The Morgan fingerprint density at radius 2 is 2.19 bits per heavy atom. The van der Waals surface area contributed by atoms with E-state index in [2.05, 4.69) is 58.2 Å². The summed E-state index contributed by atoms with van der Waals surface area (Å²) in [4.78, 5) is 6.87. The smallest absolute Gasteiger partial charge is 0.245 e. The molecule has 2 heterocycles. The molecule has 3 N–H and O–H groups in total. The van der Waals surface area contributed by atoms with Crippen LogP contribution in [0.5, 0.6) is 0 Å². The van der Waals surface area contributed by atoms with Crippen LogP contribution < -0.4 is 10.6 Å². The van der Waals surface area contributed by atoms with Crippen LogP contribution in [0.4, 0.5) is 5.95 Å². The molecule has 0 amide bonds. The monoisotopic (exact) mass is 285 g/mol. The number of benzene rings is 1. The first-order chi connectivity index (χ1) is 10.1. The van der Waals surface area contributed by atoms with Gasteiger partial charge in [-0.2, -0.15) is 4.98 Å². The van der Waals surface area contributed by atoms with Gasteiger partial charge in [0.2, 0.25) is 5.95 Å². The summed E-state index contributed by atoms with van der Waals surface area (Å²) < 4.78 is 0. The third-order valence-corrected chi connectivity index (χ3v) is 4.44. The first-order valence-corrected chi connectivity index (χ1v) is 7.63. The fraction of sp³-hybridized carbons (Fsp3) is 0.500. The van der Waals surface area contributed by atoms with E-state index < -0.39 is 0 Å². The van der Waals surface area contributed by atoms with Crippen molar-refractivity contribution >= 4 is 5.95 Å². The zero-order valence-corrected chi connectivity index (χ0v) is 12.7. The lowest BCUT2D eigenvalue weighted by molar-refractivity contribution is 0.416. The fourth-order valence-electron chi connectivity index (χ4n) is 2.94. The molecule has 1 fully saturated rings. The van der Waals surface area contributed by atoms with Crippen LogP contribution >= 0.6 is 0 Å².